The summed E-state index contributed by atoms with van der Waals surface area (Å²) in [6.45, 7) is 16.1. The van der Waals surface area contributed by atoms with E-state index in [9.17, 15) is 0 Å². The summed E-state index contributed by atoms with van der Waals surface area (Å²) >= 11 is 0. The molecular weight excluding hydrogens is 350 g/mol. The van der Waals surface area contributed by atoms with E-state index in [0.29, 0.717) is 5.92 Å². The van der Waals surface area contributed by atoms with Crippen molar-refractivity contribution in [3.63, 3.8) is 0 Å². The molecule has 1 aromatic rings. The fraction of sp³-hybridized carbons (Fsp3) is 0.714. The minimum absolute atomic E-state index is 0.576. The summed E-state index contributed by atoms with van der Waals surface area (Å²) in [7, 11) is 2.21. The van der Waals surface area contributed by atoms with Crippen molar-refractivity contribution >= 4 is 11.8 Å². The molecule has 0 radical (unpaired) electrons. The van der Waals surface area contributed by atoms with E-state index in [0.717, 1.165) is 57.6 Å². The maximum absolute atomic E-state index is 4.98. The molecule has 0 bridgehead atoms. The first-order chi connectivity index (χ1) is 13.7. The molecule has 0 amide bonds. The minimum atomic E-state index is 0.576. The Kier molecular flexibility index (Phi) is 7.91. The lowest BCUT2D eigenvalue weighted by Gasteiger charge is -2.37. The third-order valence-corrected chi connectivity index (χ3v) is 5.61. The zero-order chi connectivity index (χ0) is 19.8. The fourth-order valence-corrected chi connectivity index (χ4v) is 3.89. The number of nitrogens with one attached hydrogen (secondary N) is 1. The number of nitrogens with zero attached hydrogens (tertiary/aromatic N) is 6. The third-order valence-electron chi connectivity index (χ3n) is 5.61. The van der Waals surface area contributed by atoms with Crippen LogP contribution in [0, 0.1) is 5.92 Å². The van der Waals surface area contributed by atoms with Gasteiger partial charge in [-0.25, -0.2) is 4.98 Å². The van der Waals surface area contributed by atoms with Gasteiger partial charge in [0, 0.05) is 78.2 Å². The summed E-state index contributed by atoms with van der Waals surface area (Å²) in [5.41, 5.74) is 0. The Labute approximate surface area is 170 Å². The van der Waals surface area contributed by atoms with E-state index in [1.807, 2.05) is 12.3 Å². The zero-order valence-electron chi connectivity index (χ0n) is 17.8. The molecule has 1 atom stereocenters. The number of aliphatic imine (C=N–C) groups is 1. The van der Waals surface area contributed by atoms with Gasteiger partial charge in [-0.15, -0.1) is 0 Å². The molecule has 3 rings (SSSR count). The molecule has 2 fully saturated rings. The van der Waals surface area contributed by atoms with Crippen LogP contribution in [0.15, 0.2) is 29.4 Å². The minimum Gasteiger partial charge on any atom is -0.357 e. The van der Waals surface area contributed by atoms with Crippen LogP contribution in [0.4, 0.5) is 5.82 Å². The number of guanidine groups is 1. The van der Waals surface area contributed by atoms with Gasteiger partial charge < -0.3 is 24.9 Å². The predicted molar refractivity (Wildman–Crippen MR) is 117 cm³/mol. The molecular formula is C21H37N7. The summed E-state index contributed by atoms with van der Waals surface area (Å²) in [4.78, 5) is 19.2. The highest BCUT2D eigenvalue weighted by Gasteiger charge is 2.21. The second kappa shape index (κ2) is 10.6. The maximum atomic E-state index is 4.98. The Morgan fingerprint density at radius 3 is 2.50 bits per heavy atom. The van der Waals surface area contributed by atoms with E-state index in [1.165, 1.54) is 26.2 Å². The van der Waals surface area contributed by atoms with Gasteiger partial charge in [-0.1, -0.05) is 13.0 Å². The first-order valence-corrected chi connectivity index (χ1v) is 10.8. The number of anilines is 1. The van der Waals surface area contributed by atoms with Gasteiger partial charge in [0.05, 0.1) is 0 Å². The molecule has 28 heavy (non-hydrogen) atoms. The van der Waals surface area contributed by atoms with Crippen molar-refractivity contribution < 1.29 is 0 Å². The fourth-order valence-electron chi connectivity index (χ4n) is 3.89. The highest BCUT2D eigenvalue weighted by atomic mass is 15.4. The average Bonchev–Trinajstić information content (AvgIpc) is 2.73. The number of aromatic nitrogens is 1. The van der Waals surface area contributed by atoms with Crippen molar-refractivity contribution in [3.8, 4) is 0 Å². The van der Waals surface area contributed by atoms with Crippen molar-refractivity contribution in [3.05, 3.63) is 24.4 Å². The van der Waals surface area contributed by atoms with Gasteiger partial charge in [-0.2, -0.15) is 0 Å². The first-order valence-electron chi connectivity index (χ1n) is 10.8. The van der Waals surface area contributed by atoms with Gasteiger partial charge in [0.2, 0.25) is 0 Å². The van der Waals surface area contributed by atoms with E-state index in [-0.39, 0.29) is 0 Å². The van der Waals surface area contributed by atoms with Crippen LogP contribution in [0.2, 0.25) is 0 Å². The molecule has 7 heteroatoms. The first kappa shape index (κ1) is 20.9. The average molecular weight is 388 g/mol. The predicted octanol–water partition coefficient (Wildman–Crippen LogP) is 1.05. The quantitative estimate of drug-likeness (QED) is 0.582. The monoisotopic (exact) mass is 387 g/mol. The normalized spacial score (nSPS) is 21.0. The molecule has 3 heterocycles. The van der Waals surface area contributed by atoms with Crippen LogP contribution in [-0.4, -0.2) is 105 Å². The van der Waals surface area contributed by atoms with Gasteiger partial charge in [-0.05, 0) is 32.0 Å². The van der Waals surface area contributed by atoms with Crippen LogP contribution in [0.1, 0.15) is 13.8 Å². The number of hydrogen-bond donors (Lipinski definition) is 1. The van der Waals surface area contributed by atoms with Crippen LogP contribution in [0.25, 0.3) is 0 Å². The molecule has 156 valence electrons. The molecule has 1 N–H and O–H groups in total. The van der Waals surface area contributed by atoms with E-state index in [4.69, 9.17) is 4.99 Å². The summed E-state index contributed by atoms with van der Waals surface area (Å²) in [5, 5.41) is 3.49. The van der Waals surface area contributed by atoms with Crippen LogP contribution in [0.5, 0.6) is 0 Å². The molecule has 2 aliphatic rings. The molecule has 0 aromatic carbocycles. The van der Waals surface area contributed by atoms with E-state index in [1.54, 1.807) is 0 Å². The van der Waals surface area contributed by atoms with E-state index in [2.05, 4.69) is 62.9 Å². The zero-order valence-corrected chi connectivity index (χ0v) is 17.8. The summed E-state index contributed by atoms with van der Waals surface area (Å²) in [5.74, 6) is 2.71. The molecule has 1 unspecified atom stereocenters. The van der Waals surface area contributed by atoms with Crippen LogP contribution < -0.4 is 10.2 Å². The molecule has 7 nitrogen and oxygen atoms in total. The molecule has 2 aliphatic heterocycles. The number of pyridine rings is 1. The third kappa shape index (κ3) is 6.07. The Bertz CT molecular complexity index is 590. The Hall–Kier alpha value is -1.86. The molecule has 1 aromatic heterocycles. The largest absolute Gasteiger partial charge is 0.357 e. The highest BCUT2D eigenvalue weighted by molar-refractivity contribution is 5.80. The summed E-state index contributed by atoms with van der Waals surface area (Å²) < 4.78 is 0. The lowest BCUT2D eigenvalue weighted by atomic mass is 10.1. The van der Waals surface area contributed by atoms with Gasteiger partial charge in [0.1, 0.15) is 5.82 Å². The van der Waals surface area contributed by atoms with Crippen LogP contribution in [-0.2, 0) is 0 Å². The smallest absolute Gasteiger partial charge is 0.194 e. The van der Waals surface area contributed by atoms with Crippen molar-refractivity contribution in [2.75, 3.05) is 83.9 Å². The van der Waals surface area contributed by atoms with Gasteiger partial charge >= 0.3 is 0 Å². The Morgan fingerprint density at radius 1 is 1.11 bits per heavy atom. The lowest BCUT2D eigenvalue weighted by Crippen LogP contribution is -2.53. The van der Waals surface area contributed by atoms with Gasteiger partial charge in [-0.3, -0.25) is 4.99 Å². The number of likely N-dealkylation sites (N-methyl/N-ethyl adjacent to an activating group) is 1. The van der Waals surface area contributed by atoms with Gasteiger partial charge in [0.25, 0.3) is 0 Å². The number of hydrogen-bond acceptors (Lipinski definition) is 5. The molecule has 0 saturated carbocycles. The highest BCUT2D eigenvalue weighted by Crippen LogP contribution is 2.13. The molecule has 0 spiro atoms. The van der Waals surface area contributed by atoms with Crippen molar-refractivity contribution in [2.24, 2.45) is 10.9 Å². The second-order valence-electron chi connectivity index (χ2n) is 8.07. The summed E-state index contributed by atoms with van der Waals surface area (Å²) in [6, 6.07) is 6.12. The topological polar surface area (TPSA) is 50.2 Å². The summed E-state index contributed by atoms with van der Waals surface area (Å²) in [6.07, 6.45) is 1.87. The van der Waals surface area contributed by atoms with Crippen LogP contribution in [0.3, 0.4) is 0 Å². The Balaban J connectivity index is 1.48. The van der Waals surface area contributed by atoms with E-state index < -0.39 is 0 Å². The van der Waals surface area contributed by atoms with Crippen LogP contribution >= 0.6 is 0 Å². The number of piperazine rings is 2. The molecule has 0 aliphatic carbocycles. The van der Waals surface area contributed by atoms with Gasteiger partial charge in [0.15, 0.2) is 5.96 Å². The van der Waals surface area contributed by atoms with Crippen molar-refractivity contribution in [1.29, 1.82) is 0 Å². The lowest BCUT2D eigenvalue weighted by molar-refractivity contribution is 0.140. The van der Waals surface area contributed by atoms with E-state index >= 15 is 0 Å². The van der Waals surface area contributed by atoms with Crippen molar-refractivity contribution in [2.45, 2.75) is 13.8 Å². The molecule has 2 saturated heterocycles. The SMILES string of the molecule is CCNC(=NCC(C)CN1CCN(C)CC1)N1CCN(c2ccccn2)CC1. The second-order valence-corrected chi connectivity index (χ2v) is 8.07. The number of rotatable bonds is 6. The Morgan fingerprint density at radius 2 is 1.86 bits per heavy atom. The van der Waals surface area contributed by atoms with Crippen molar-refractivity contribution in [1.82, 2.24) is 25.0 Å². The standard InChI is InChI=1S/C21H37N7/c1-4-22-21(24-17-19(2)18-26-11-9-25(3)10-12-26)28-15-13-27(14-16-28)20-7-5-6-8-23-20/h5-8,19H,4,9-18H2,1-3H3,(H,22,24). The maximum Gasteiger partial charge on any atom is 0.194 e.